The van der Waals surface area contributed by atoms with Crippen LogP contribution in [0, 0.1) is 11.8 Å². The molecule has 6 rings (SSSR count). The molecule has 1 N–H and O–H groups in total. The average Bonchev–Trinajstić information content (AvgIpc) is 3.79. The van der Waals surface area contributed by atoms with E-state index in [1.165, 1.54) is 21.3 Å². The molecule has 1 radical (unpaired) electrons. The van der Waals surface area contributed by atoms with Gasteiger partial charge in [-0.15, -0.1) is 10.3 Å². The average molecular weight is 721 g/mol. The van der Waals surface area contributed by atoms with Crippen LogP contribution in [0.15, 0.2) is 35.9 Å². The van der Waals surface area contributed by atoms with Crippen LogP contribution in [0.3, 0.4) is 0 Å². The normalized spacial score (nSPS) is 24.3. The number of carbonyl (C=O) groups excluding carboxylic acids is 3. The summed E-state index contributed by atoms with van der Waals surface area (Å²) in [7, 11) is 4.60. The van der Waals surface area contributed by atoms with Gasteiger partial charge in [-0.05, 0) is 81.5 Å². The fraction of sp³-hybridized carbons (Fsp3) is 0.564. The molecule has 13 heteroatoms. The lowest BCUT2D eigenvalue weighted by Gasteiger charge is -2.41. The standard InChI is InChI=1S/C39H50N3O10/c1-10-12-26(41(13-11-2)36(44)25-18-38(3,4)42(46)39(25,5)6)35(43)40-33-23-17-28-27(51-20-52-28)16-22(23)31(32-24(33)19-50-37(32)45)21-14-29(47-7)34(49-9)30(15-21)48-8/h14-18,24,26,31-33H,10-13,19-20H2,1-9H3,(H,40,43)/t24-,26?,31+,32-,33+/m0/s1. The molecular formula is C39H50N3O10. The third-order valence-corrected chi connectivity index (χ3v) is 10.9. The van der Waals surface area contributed by atoms with Crippen LogP contribution in [0.4, 0.5) is 0 Å². The molecule has 4 aliphatic rings. The van der Waals surface area contributed by atoms with Crippen LogP contribution in [0.1, 0.15) is 89.5 Å². The van der Waals surface area contributed by atoms with Crippen LogP contribution in [-0.2, 0) is 24.3 Å². The van der Waals surface area contributed by atoms with E-state index in [0.29, 0.717) is 60.1 Å². The van der Waals surface area contributed by atoms with Gasteiger partial charge in [-0.2, -0.15) is 0 Å². The van der Waals surface area contributed by atoms with Gasteiger partial charge in [-0.25, -0.2) is 0 Å². The van der Waals surface area contributed by atoms with Gasteiger partial charge in [0.25, 0.3) is 5.91 Å². The molecule has 0 bridgehead atoms. The monoisotopic (exact) mass is 720 g/mol. The SMILES string of the molecule is CCCC(C(=O)N[C@@H]1c2cc3c(cc2[C@@H](c2cc(OC)c(OC)c(OC)c2)[C@H]2C(=O)OC[C@@H]21)OCO3)N(CCC)C(=O)C1=CC(C)(C)N([O])C1(C)C. The fourth-order valence-corrected chi connectivity index (χ4v) is 8.52. The molecule has 52 heavy (non-hydrogen) atoms. The molecule has 1 saturated heterocycles. The molecule has 281 valence electrons. The quantitative estimate of drug-likeness (QED) is 0.295. The van der Waals surface area contributed by atoms with Crippen molar-refractivity contribution in [3.63, 3.8) is 0 Å². The first-order chi connectivity index (χ1) is 24.7. The Kier molecular flexibility index (Phi) is 10.1. The highest BCUT2D eigenvalue weighted by Crippen LogP contribution is 2.55. The minimum atomic E-state index is -1.08. The zero-order valence-electron chi connectivity index (χ0n) is 31.5. The fourth-order valence-electron chi connectivity index (χ4n) is 8.52. The number of benzene rings is 2. The summed E-state index contributed by atoms with van der Waals surface area (Å²) in [6, 6.07) is 5.90. The van der Waals surface area contributed by atoms with Crippen LogP contribution in [0.2, 0.25) is 0 Å². The van der Waals surface area contributed by atoms with E-state index < -0.39 is 40.9 Å². The van der Waals surface area contributed by atoms with E-state index in [1.807, 2.05) is 38.1 Å². The van der Waals surface area contributed by atoms with Gasteiger partial charge < -0.3 is 38.6 Å². The summed E-state index contributed by atoms with van der Waals surface area (Å²) in [6.45, 7) is 11.4. The zero-order valence-corrected chi connectivity index (χ0v) is 31.5. The minimum absolute atomic E-state index is 0.0372. The molecule has 3 aliphatic heterocycles. The van der Waals surface area contributed by atoms with Gasteiger partial charge in [0.2, 0.25) is 18.4 Å². The maximum atomic E-state index is 14.7. The third-order valence-electron chi connectivity index (χ3n) is 10.9. The summed E-state index contributed by atoms with van der Waals surface area (Å²) in [5, 5.41) is 17.5. The Bertz CT molecular complexity index is 1750. The zero-order chi connectivity index (χ0) is 37.7. The number of ether oxygens (including phenoxy) is 6. The van der Waals surface area contributed by atoms with Gasteiger partial charge in [0.1, 0.15) is 6.04 Å². The van der Waals surface area contributed by atoms with Crippen molar-refractivity contribution in [3.8, 4) is 28.7 Å². The minimum Gasteiger partial charge on any atom is -0.493 e. The summed E-state index contributed by atoms with van der Waals surface area (Å²) in [4.78, 5) is 44.4. The third kappa shape index (κ3) is 6.11. The molecule has 13 nitrogen and oxygen atoms in total. The van der Waals surface area contributed by atoms with E-state index in [0.717, 1.165) is 21.8 Å². The number of cyclic esters (lactones) is 1. The molecule has 2 amide bonds. The molecule has 3 heterocycles. The Morgan fingerprint density at radius 3 is 2.12 bits per heavy atom. The lowest BCUT2D eigenvalue weighted by molar-refractivity contribution is -0.238. The summed E-state index contributed by atoms with van der Waals surface area (Å²) in [5.41, 5.74) is 0.649. The van der Waals surface area contributed by atoms with Crippen LogP contribution >= 0.6 is 0 Å². The molecular weight excluding hydrogens is 670 g/mol. The van der Waals surface area contributed by atoms with Gasteiger partial charge in [0.05, 0.1) is 51.0 Å². The number of nitrogens with one attached hydrogen (secondary N) is 1. The van der Waals surface area contributed by atoms with E-state index in [4.69, 9.17) is 28.4 Å². The molecule has 2 aromatic rings. The van der Waals surface area contributed by atoms with E-state index in [2.05, 4.69) is 5.32 Å². The van der Waals surface area contributed by atoms with Crippen molar-refractivity contribution in [3.05, 3.63) is 52.6 Å². The van der Waals surface area contributed by atoms with Crippen molar-refractivity contribution >= 4 is 17.8 Å². The second-order valence-electron chi connectivity index (χ2n) is 14.9. The van der Waals surface area contributed by atoms with Crippen LogP contribution in [0.25, 0.3) is 0 Å². The summed E-state index contributed by atoms with van der Waals surface area (Å²) < 4.78 is 34.3. The number of esters is 1. The Hall–Kier alpha value is -4.49. The summed E-state index contributed by atoms with van der Waals surface area (Å²) in [6.07, 6.45) is 3.36. The van der Waals surface area contributed by atoms with Gasteiger partial charge in [0, 0.05) is 24.0 Å². The molecule has 0 saturated carbocycles. The van der Waals surface area contributed by atoms with Gasteiger partial charge >= 0.3 is 5.97 Å². The largest absolute Gasteiger partial charge is 0.493 e. The van der Waals surface area contributed by atoms with Crippen molar-refractivity contribution in [1.82, 2.24) is 15.3 Å². The number of carbonyl (C=O) groups is 3. The van der Waals surface area contributed by atoms with Crippen LogP contribution in [0.5, 0.6) is 28.7 Å². The Morgan fingerprint density at radius 2 is 1.58 bits per heavy atom. The van der Waals surface area contributed by atoms with E-state index >= 15 is 0 Å². The number of hydrogen-bond donors (Lipinski definition) is 1. The number of amides is 2. The molecule has 5 atom stereocenters. The van der Waals surface area contributed by atoms with Crippen LogP contribution < -0.4 is 29.0 Å². The number of hydrogen-bond acceptors (Lipinski definition) is 10. The van der Waals surface area contributed by atoms with Crippen molar-refractivity contribution in [2.24, 2.45) is 11.8 Å². The first kappa shape index (κ1) is 37.3. The predicted molar refractivity (Wildman–Crippen MR) is 189 cm³/mol. The Morgan fingerprint density at radius 1 is 0.942 bits per heavy atom. The van der Waals surface area contributed by atoms with Crippen molar-refractivity contribution in [1.29, 1.82) is 0 Å². The Labute approximate surface area is 305 Å². The second kappa shape index (κ2) is 14.1. The molecule has 0 spiro atoms. The molecule has 2 aromatic carbocycles. The van der Waals surface area contributed by atoms with Crippen molar-refractivity contribution in [2.75, 3.05) is 41.3 Å². The van der Waals surface area contributed by atoms with Gasteiger partial charge in [-0.3, -0.25) is 14.4 Å². The van der Waals surface area contributed by atoms with E-state index in [9.17, 15) is 19.6 Å². The molecule has 1 aliphatic carbocycles. The lowest BCUT2D eigenvalue weighted by atomic mass is 9.65. The smallest absolute Gasteiger partial charge is 0.310 e. The Balaban J connectivity index is 1.43. The van der Waals surface area contributed by atoms with Crippen molar-refractivity contribution in [2.45, 2.75) is 89.9 Å². The molecule has 0 aromatic heterocycles. The maximum Gasteiger partial charge on any atom is 0.310 e. The number of fused-ring (bicyclic) bond motifs is 3. The topological polar surface area (TPSA) is 145 Å². The maximum absolute atomic E-state index is 14.7. The van der Waals surface area contributed by atoms with Crippen molar-refractivity contribution < 1.29 is 48.0 Å². The predicted octanol–water partition coefficient (Wildman–Crippen LogP) is 5.09. The summed E-state index contributed by atoms with van der Waals surface area (Å²) >= 11 is 0. The second-order valence-corrected chi connectivity index (χ2v) is 14.9. The van der Waals surface area contributed by atoms with E-state index in [1.54, 1.807) is 38.7 Å². The van der Waals surface area contributed by atoms with Crippen LogP contribution in [-0.4, -0.2) is 86.1 Å². The lowest BCUT2D eigenvalue weighted by Crippen LogP contribution is -2.55. The number of hydroxylamine groups is 2. The van der Waals surface area contributed by atoms with E-state index in [-0.39, 0.29) is 31.2 Å². The van der Waals surface area contributed by atoms with Gasteiger partial charge in [-0.1, -0.05) is 26.3 Å². The number of nitrogens with zero attached hydrogens (tertiary/aromatic N) is 2. The first-order valence-corrected chi connectivity index (χ1v) is 18.0. The highest BCUT2D eigenvalue weighted by atomic mass is 16.7. The van der Waals surface area contributed by atoms with Gasteiger partial charge in [0.15, 0.2) is 23.0 Å². The molecule has 1 fully saturated rings. The summed E-state index contributed by atoms with van der Waals surface area (Å²) in [5.74, 6) is -0.403. The highest BCUT2D eigenvalue weighted by molar-refractivity contribution is 5.99. The number of rotatable bonds is 12. The molecule has 1 unspecified atom stereocenters. The first-order valence-electron chi connectivity index (χ1n) is 18.0. The highest BCUT2D eigenvalue weighted by Gasteiger charge is 2.54. The number of methoxy groups -OCH3 is 3.